The van der Waals surface area contributed by atoms with Crippen LogP contribution in [0.3, 0.4) is 0 Å². The van der Waals surface area contributed by atoms with E-state index in [0.29, 0.717) is 26.4 Å². The van der Waals surface area contributed by atoms with E-state index in [2.05, 4.69) is 65.8 Å². The van der Waals surface area contributed by atoms with E-state index in [0.717, 1.165) is 25.7 Å². The maximum Gasteiger partial charge on any atom is 0.0720 e. The lowest BCUT2D eigenvalue weighted by molar-refractivity contribution is 0.0334. The Balaban J connectivity index is 1.84. The van der Waals surface area contributed by atoms with E-state index in [1.807, 2.05) is 0 Å². The molecule has 0 aromatic heterocycles. The Morgan fingerprint density at radius 3 is 1.18 bits per heavy atom. The predicted molar refractivity (Wildman–Crippen MR) is 119 cm³/mol. The molecule has 0 saturated carbocycles. The van der Waals surface area contributed by atoms with Gasteiger partial charge < -0.3 is 9.47 Å². The Morgan fingerprint density at radius 1 is 0.500 bits per heavy atom. The van der Waals surface area contributed by atoms with Crippen LogP contribution in [0.4, 0.5) is 0 Å². The third-order valence-electron chi connectivity index (χ3n) is 5.73. The van der Waals surface area contributed by atoms with Crippen LogP contribution in [0.2, 0.25) is 0 Å². The first-order chi connectivity index (χ1) is 13.5. The fourth-order valence-corrected chi connectivity index (χ4v) is 3.90. The van der Waals surface area contributed by atoms with Crippen molar-refractivity contribution in [1.29, 1.82) is 0 Å². The normalized spacial score (nSPS) is 11.2. The molecule has 0 radical (unpaired) electrons. The van der Waals surface area contributed by atoms with Crippen LogP contribution in [0, 0.1) is 13.8 Å². The zero-order valence-corrected chi connectivity index (χ0v) is 18.8. The van der Waals surface area contributed by atoms with Crippen molar-refractivity contribution >= 4 is 0 Å². The quantitative estimate of drug-likeness (QED) is 0.425. The second-order valence-electron chi connectivity index (χ2n) is 7.61. The summed E-state index contributed by atoms with van der Waals surface area (Å²) < 4.78 is 11.9. The summed E-state index contributed by atoms with van der Waals surface area (Å²) in [5, 5.41) is 0. The summed E-state index contributed by atoms with van der Waals surface area (Å²) in [5.41, 5.74) is 11.1. The first-order valence-electron chi connectivity index (χ1n) is 10.9. The van der Waals surface area contributed by atoms with Gasteiger partial charge >= 0.3 is 0 Å². The van der Waals surface area contributed by atoms with Crippen LogP contribution in [0.1, 0.15) is 72.2 Å². The molecular weight excluding hydrogens is 344 g/mol. The zero-order chi connectivity index (χ0) is 20.5. The molecule has 0 aliphatic heterocycles. The van der Waals surface area contributed by atoms with Crippen LogP contribution in [-0.2, 0) is 48.4 Å². The lowest BCUT2D eigenvalue weighted by Gasteiger charge is -2.15. The number of ether oxygens (including phenoxy) is 2. The largest absolute Gasteiger partial charge is 0.374 e. The third-order valence-corrected chi connectivity index (χ3v) is 5.73. The molecule has 0 amide bonds. The van der Waals surface area contributed by atoms with Gasteiger partial charge in [0.25, 0.3) is 0 Å². The molecule has 2 rings (SSSR count). The molecular formula is C26H38O2. The van der Waals surface area contributed by atoms with Gasteiger partial charge in [-0.15, -0.1) is 0 Å². The van der Waals surface area contributed by atoms with Gasteiger partial charge in [0.2, 0.25) is 0 Å². The average Bonchev–Trinajstić information content (AvgIpc) is 2.71. The van der Waals surface area contributed by atoms with Gasteiger partial charge in [0, 0.05) is 0 Å². The van der Waals surface area contributed by atoms with E-state index < -0.39 is 0 Å². The molecule has 0 N–H and O–H groups in total. The molecule has 2 nitrogen and oxygen atoms in total. The molecule has 154 valence electrons. The summed E-state index contributed by atoms with van der Waals surface area (Å²) in [4.78, 5) is 0. The van der Waals surface area contributed by atoms with Crippen molar-refractivity contribution in [3.63, 3.8) is 0 Å². The van der Waals surface area contributed by atoms with Crippen molar-refractivity contribution < 1.29 is 9.47 Å². The van der Waals surface area contributed by atoms with E-state index in [9.17, 15) is 0 Å². The first-order valence-corrected chi connectivity index (χ1v) is 10.9. The SMILES string of the molecule is CCc1cc(COCCOCc2cc(CC)c(C)cc2CC)c(CC)cc1C. The van der Waals surface area contributed by atoms with Gasteiger partial charge in [-0.25, -0.2) is 0 Å². The van der Waals surface area contributed by atoms with Crippen LogP contribution < -0.4 is 0 Å². The summed E-state index contributed by atoms with van der Waals surface area (Å²) in [6.07, 6.45) is 4.24. The highest BCUT2D eigenvalue weighted by molar-refractivity contribution is 5.38. The van der Waals surface area contributed by atoms with Crippen molar-refractivity contribution in [3.05, 3.63) is 68.8 Å². The molecule has 0 unspecified atom stereocenters. The molecule has 0 aliphatic carbocycles. The van der Waals surface area contributed by atoms with Gasteiger partial charge in [-0.1, -0.05) is 52.0 Å². The number of rotatable bonds is 11. The zero-order valence-electron chi connectivity index (χ0n) is 18.8. The van der Waals surface area contributed by atoms with Crippen LogP contribution in [-0.4, -0.2) is 13.2 Å². The highest BCUT2D eigenvalue weighted by Gasteiger charge is 2.07. The van der Waals surface area contributed by atoms with Crippen molar-refractivity contribution in [2.45, 2.75) is 80.4 Å². The second kappa shape index (κ2) is 11.4. The second-order valence-corrected chi connectivity index (χ2v) is 7.61. The monoisotopic (exact) mass is 382 g/mol. The first kappa shape index (κ1) is 22.6. The van der Waals surface area contributed by atoms with Crippen molar-refractivity contribution in [2.75, 3.05) is 13.2 Å². The predicted octanol–water partition coefficient (Wildman–Crippen LogP) is 6.29. The van der Waals surface area contributed by atoms with Gasteiger partial charge in [-0.3, -0.25) is 0 Å². The van der Waals surface area contributed by atoms with Crippen molar-refractivity contribution in [3.8, 4) is 0 Å². The van der Waals surface area contributed by atoms with Gasteiger partial charge in [0.15, 0.2) is 0 Å². The molecule has 28 heavy (non-hydrogen) atoms. The Bertz CT molecular complexity index is 696. The molecule has 0 saturated heterocycles. The Hall–Kier alpha value is -1.64. The maximum absolute atomic E-state index is 5.94. The minimum Gasteiger partial charge on any atom is -0.374 e. The van der Waals surface area contributed by atoms with E-state index in [-0.39, 0.29) is 0 Å². The Morgan fingerprint density at radius 2 is 0.857 bits per heavy atom. The summed E-state index contributed by atoms with van der Waals surface area (Å²) in [7, 11) is 0. The highest BCUT2D eigenvalue weighted by atomic mass is 16.5. The van der Waals surface area contributed by atoms with E-state index in [1.54, 1.807) is 0 Å². The number of hydrogen-bond donors (Lipinski definition) is 0. The lowest BCUT2D eigenvalue weighted by atomic mass is 9.96. The van der Waals surface area contributed by atoms with Gasteiger partial charge in [0.1, 0.15) is 0 Å². The Kier molecular flexibility index (Phi) is 9.21. The van der Waals surface area contributed by atoms with Crippen LogP contribution >= 0.6 is 0 Å². The minimum atomic E-state index is 0.631. The molecule has 2 aromatic rings. The summed E-state index contributed by atoms with van der Waals surface area (Å²) in [6, 6.07) is 9.29. The van der Waals surface area contributed by atoms with Crippen LogP contribution in [0.15, 0.2) is 24.3 Å². The fraction of sp³-hybridized carbons (Fsp3) is 0.538. The summed E-state index contributed by atoms with van der Waals surface area (Å²) >= 11 is 0. The Labute approximate surface area is 172 Å². The molecule has 2 heteroatoms. The summed E-state index contributed by atoms with van der Waals surface area (Å²) in [6.45, 7) is 15.9. The van der Waals surface area contributed by atoms with E-state index >= 15 is 0 Å². The topological polar surface area (TPSA) is 18.5 Å². The minimum absolute atomic E-state index is 0.631. The smallest absolute Gasteiger partial charge is 0.0720 e. The van der Waals surface area contributed by atoms with Gasteiger partial charge in [-0.05, 0) is 84.0 Å². The lowest BCUT2D eigenvalue weighted by Crippen LogP contribution is -2.08. The maximum atomic E-state index is 5.94. The summed E-state index contributed by atoms with van der Waals surface area (Å²) in [5.74, 6) is 0. The number of aryl methyl sites for hydroxylation is 6. The average molecular weight is 383 g/mol. The third kappa shape index (κ3) is 5.93. The molecule has 0 atom stereocenters. The molecule has 0 spiro atoms. The molecule has 0 bridgehead atoms. The number of benzene rings is 2. The van der Waals surface area contributed by atoms with E-state index in [4.69, 9.17) is 9.47 Å². The van der Waals surface area contributed by atoms with Crippen LogP contribution in [0.5, 0.6) is 0 Å². The van der Waals surface area contributed by atoms with Crippen LogP contribution in [0.25, 0.3) is 0 Å². The van der Waals surface area contributed by atoms with Gasteiger partial charge in [0.05, 0.1) is 26.4 Å². The van der Waals surface area contributed by atoms with Crippen molar-refractivity contribution in [2.24, 2.45) is 0 Å². The van der Waals surface area contributed by atoms with Crippen molar-refractivity contribution in [1.82, 2.24) is 0 Å². The molecule has 2 aromatic carbocycles. The molecule has 0 aliphatic rings. The molecule has 0 heterocycles. The van der Waals surface area contributed by atoms with Gasteiger partial charge in [-0.2, -0.15) is 0 Å². The highest BCUT2D eigenvalue weighted by Crippen LogP contribution is 2.20. The molecule has 0 fully saturated rings. The standard InChI is InChI=1S/C26H38O2/c1-7-21-15-25(23(9-3)13-19(21)5)17-27-11-12-28-18-26-16-22(8-2)20(6)14-24(26)10-4/h13-16H,7-12,17-18H2,1-6H3. The fourth-order valence-electron chi connectivity index (χ4n) is 3.90. The van der Waals surface area contributed by atoms with E-state index in [1.165, 1.54) is 44.5 Å². The number of hydrogen-bond acceptors (Lipinski definition) is 2.